The van der Waals surface area contributed by atoms with Crippen molar-refractivity contribution in [2.75, 3.05) is 4.31 Å². The van der Waals surface area contributed by atoms with Crippen molar-refractivity contribution >= 4 is 50.8 Å². The number of anilines is 1. The molecule has 0 aliphatic rings. The SMILES string of the molecule is Cc1ccc(N=C(c2ccccc2Br)N(Sc2ccccc2[N+](=O)[O-])c2ccc(C)cc2)cc1. The van der Waals surface area contributed by atoms with E-state index in [0.29, 0.717) is 10.7 Å². The molecule has 0 radical (unpaired) electrons. The minimum Gasteiger partial charge on any atom is -0.263 e. The van der Waals surface area contributed by atoms with Gasteiger partial charge in [0.05, 0.1) is 16.3 Å². The summed E-state index contributed by atoms with van der Waals surface area (Å²) in [6.07, 6.45) is 0. The Morgan fingerprint density at radius 3 is 2.09 bits per heavy atom. The molecular formula is C27H22BrN3O2S. The van der Waals surface area contributed by atoms with Crippen LogP contribution in [0.4, 0.5) is 17.1 Å². The first kappa shape index (κ1) is 23.7. The van der Waals surface area contributed by atoms with Crippen LogP contribution in [0.2, 0.25) is 0 Å². The Bertz CT molecular complexity index is 1340. The molecule has 0 heterocycles. The Morgan fingerprint density at radius 1 is 0.853 bits per heavy atom. The zero-order valence-electron chi connectivity index (χ0n) is 18.7. The lowest BCUT2D eigenvalue weighted by Crippen LogP contribution is -2.25. The molecule has 7 heteroatoms. The molecule has 0 N–H and O–H groups in total. The van der Waals surface area contributed by atoms with Gasteiger partial charge in [0.2, 0.25) is 0 Å². The predicted octanol–water partition coefficient (Wildman–Crippen LogP) is 8.27. The number of nitro groups is 1. The number of hydrogen-bond acceptors (Lipinski definition) is 4. The molecule has 4 rings (SSSR count). The Kier molecular flexibility index (Phi) is 7.45. The van der Waals surface area contributed by atoms with Gasteiger partial charge in [0.25, 0.3) is 5.69 Å². The van der Waals surface area contributed by atoms with Gasteiger partial charge in [-0.05, 0) is 50.2 Å². The maximum absolute atomic E-state index is 11.7. The van der Waals surface area contributed by atoms with E-state index in [1.54, 1.807) is 18.2 Å². The van der Waals surface area contributed by atoms with Crippen LogP contribution >= 0.6 is 27.9 Å². The quantitative estimate of drug-likeness (QED) is 0.0825. The van der Waals surface area contributed by atoms with Gasteiger partial charge in [0.1, 0.15) is 4.90 Å². The van der Waals surface area contributed by atoms with E-state index in [2.05, 4.69) is 15.9 Å². The second-order valence-corrected chi connectivity index (χ2v) is 9.54. The van der Waals surface area contributed by atoms with E-state index >= 15 is 0 Å². The summed E-state index contributed by atoms with van der Waals surface area (Å²) in [6.45, 7) is 4.06. The van der Waals surface area contributed by atoms with Crippen LogP contribution in [0, 0.1) is 24.0 Å². The summed E-state index contributed by atoms with van der Waals surface area (Å²) in [5, 5.41) is 11.7. The van der Waals surface area contributed by atoms with Crippen molar-refractivity contribution in [2.24, 2.45) is 4.99 Å². The van der Waals surface area contributed by atoms with Gasteiger partial charge in [-0.15, -0.1) is 0 Å². The van der Waals surface area contributed by atoms with Crippen molar-refractivity contribution in [3.8, 4) is 0 Å². The number of halogens is 1. The van der Waals surface area contributed by atoms with Gasteiger partial charge in [-0.2, -0.15) is 0 Å². The highest BCUT2D eigenvalue weighted by atomic mass is 79.9. The van der Waals surface area contributed by atoms with Gasteiger partial charge in [0, 0.05) is 28.1 Å². The first-order chi connectivity index (χ1) is 16.4. The van der Waals surface area contributed by atoms with Crippen LogP contribution < -0.4 is 4.31 Å². The molecule has 0 atom stereocenters. The molecule has 0 aliphatic carbocycles. The number of rotatable bonds is 6. The number of benzene rings is 4. The first-order valence-electron chi connectivity index (χ1n) is 10.6. The van der Waals surface area contributed by atoms with E-state index < -0.39 is 0 Å². The molecule has 34 heavy (non-hydrogen) atoms. The maximum Gasteiger partial charge on any atom is 0.284 e. The summed E-state index contributed by atoms with van der Waals surface area (Å²) in [7, 11) is 0. The van der Waals surface area contributed by atoms with E-state index in [4.69, 9.17) is 4.99 Å². The first-order valence-corrected chi connectivity index (χ1v) is 12.2. The van der Waals surface area contributed by atoms with E-state index in [9.17, 15) is 10.1 Å². The van der Waals surface area contributed by atoms with Gasteiger partial charge < -0.3 is 0 Å². The number of aryl methyl sites for hydroxylation is 2. The fraction of sp³-hybridized carbons (Fsp3) is 0.0741. The zero-order chi connectivity index (χ0) is 24.1. The lowest BCUT2D eigenvalue weighted by atomic mass is 10.1. The second kappa shape index (κ2) is 10.7. The molecule has 0 fully saturated rings. The molecular weight excluding hydrogens is 510 g/mol. The molecule has 0 amide bonds. The smallest absolute Gasteiger partial charge is 0.263 e. The van der Waals surface area contributed by atoms with E-state index in [1.807, 2.05) is 90.9 Å². The van der Waals surface area contributed by atoms with Crippen molar-refractivity contribution in [2.45, 2.75) is 18.7 Å². The van der Waals surface area contributed by atoms with E-state index in [1.165, 1.54) is 18.0 Å². The van der Waals surface area contributed by atoms with Crippen LogP contribution in [0.3, 0.4) is 0 Å². The largest absolute Gasteiger partial charge is 0.284 e. The number of para-hydroxylation sites is 1. The molecule has 5 nitrogen and oxygen atoms in total. The van der Waals surface area contributed by atoms with Crippen LogP contribution in [0.5, 0.6) is 0 Å². The van der Waals surface area contributed by atoms with Gasteiger partial charge in [-0.3, -0.25) is 14.4 Å². The minimum absolute atomic E-state index is 0.0476. The van der Waals surface area contributed by atoms with Gasteiger partial charge in [-0.1, -0.05) is 81.7 Å². The molecule has 4 aromatic carbocycles. The average Bonchev–Trinajstić information content (AvgIpc) is 2.84. The van der Waals surface area contributed by atoms with Crippen molar-refractivity contribution in [1.82, 2.24) is 0 Å². The number of aliphatic imine (C=N–C) groups is 1. The minimum atomic E-state index is -0.356. The third-order valence-corrected chi connectivity index (χ3v) is 6.90. The van der Waals surface area contributed by atoms with Crippen molar-refractivity contribution in [3.05, 3.63) is 128 Å². The molecule has 0 unspecified atom stereocenters. The lowest BCUT2D eigenvalue weighted by Gasteiger charge is -2.26. The normalized spacial score (nSPS) is 11.3. The van der Waals surface area contributed by atoms with Crippen LogP contribution in [0.1, 0.15) is 16.7 Å². The zero-order valence-corrected chi connectivity index (χ0v) is 21.1. The fourth-order valence-electron chi connectivity index (χ4n) is 3.28. The third-order valence-electron chi connectivity index (χ3n) is 5.10. The molecule has 0 bridgehead atoms. The highest BCUT2D eigenvalue weighted by Crippen LogP contribution is 2.37. The highest BCUT2D eigenvalue weighted by Gasteiger charge is 2.24. The van der Waals surface area contributed by atoms with Gasteiger partial charge >= 0.3 is 0 Å². The van der Waals surface area contributed by atoms with Crippen molar-refractivity contribution in [3.63, 3.8) is 0 Å². The number of amidine groups is 1. The van der Waals surface area contributed by atoms with E-state index in [-0.39, 0.29) is 10.6 Å². The second-order valence-electron chi connectivity index (χ2n) is 7.70. The monoisotopic (exact) mass is 531 g/mol. The van der Waals surface area contributed by atoms with Crippen molar-refractivity contribution in [1.29, 1.82) is 0 Å². The molecule has 0 aliphatic heterocycles. The Labute approximate surface area is 211 Å². The Morgan fingerprint density at radius 2 is 1.44 bits per heavy atom. The Hall–Kier alpha value is -3.42. The summed E-state index contributed by atoms with van der Waals surface area (Å²) in [5.74, 6) is 0.656. The molecule has 0 spiro atoms. The standard InChI is InChI=1S/C27H22BrN3O2S/c1-19-11-15-21(16-12-19)29-27(23-7-3-4-8-24(23)28)30(22-17-13-20(2)14-18-22)34-26-10-6-5-9-25(26)31(32)33/h3-18H,1-2H3. The number of hydrogen-bond donors (Lipinski definition) is 0. The molecule has 0 saturated carbocycles. The predicted molar refractivity (Wildman–Crippen MR) is 144 cm³/mol. The molecule has 170 valence electrons. The highest BCUT2D eigenvalue weighted by molar-refractivity contribution is 9.10. The topological polar surface area (TPSA) is 58.7 Å². The number of nitro benzene ring substituents is 1. The van der Waals surface area contributed by atoms with Crippen LogP contribution in [-0.2, 0) is 0 Å². The van der Waals surface area contributed by atoms with Gasteiger partial charge in [-0.25, -0.2) is 4.99 Å². The summed E-state index contributed by atoms with van der Waals surface area (Å²) < 4.78 is 2.82. The molecule has 4 aromatic rings. The number of nitrogens with zero attached hydrogens (tertiary/aromatic N) is 3. The molecule has 0 saturated heterocycles. The summed E-state index contributed by atoms with van der Waals surface area (Å²) >= 11 is 4.95. The molecule has 0 aromatic heterocycles. The van der Waals surface area contributed by atoms with Crippen LogP contribution in [0.15, 0.2) is 111 Å². The maximum atomic E-state index is 11.7. The van der Waals surface area contributed by atoms with Gasteiger partial charge in [0.15, 0.2) is 5.84 Å². The summed E-state index contributed by atoms with van der Waals surface area (Å²) in [4.78, 5) is 16.9. The fourth-order valence-corrected chi connectivity index (χ4v) is 4.77. The average molecular weight is 532 g/mol. The Balaban J connectivity index is 1.93. The third kappa shape index (κ3) is 5.55. The van der Waals surface area contributed by atoms with Crippen molar-refractivity contribution < 1.29 is 4.92 Å². The summed E-state index contributed by atoms with van der Waals surface area (Å²) in [6, 6.07) is 30.6. The summed E-state index contributed by atoms with van der Waals surface area (Å²) in [5.41, 5.74) is 4.83. The van der Waals surface area contributed by atoms with E-state index in [0.717, 1.165) is 32.5 Å². The van der Waals surface area contributed by atoms with Crippen LogP contribution in [0.25, 0.3) is 0 Å². The van der Waals surface area contributed by atoms with Crippen LogP contribution in [-0.4, -0.2) is 10.8 Å². The lowest BCUT2D eigenvalue weighted by molar-refractivity contribution is -0.387.